The van der Waals surface area contributed by atoms with Gasteiger partial charge in [0.15, 0.2) is 17.5 Å². The number of halogens is 3. The van der Waals surface area contributed by atoms with Crippen molar-refractivity contribution in [3.63, 3.8) is 0 Å². The van der Waals surface area contributed by atoms with Gasteiger partial charge in [-0.05, 0) is 19.1 Å². The molecule has 0 saturated heterocycles. The molecule has 0 heterocycles. The van der Waals surface area contributed by atoms with Crippen molar-refractivity contribution in [1.82, 2.24) is 5.32 Å². The van der Waals surface area contributed by atoms with Gasteiger partial charge in [-0.1, -0.05) is 0 Å². The fourth-order valence-electron chi connectivity index (χ4n) is 1.16. The SMILES string of the molecule is CCOC(=O)CNC(=O)c1ccc(F)c(F)c1F. The second-order valence-electron chi connectivity index (χ2n) is 3.21. The third-order valence-electron chi connectivity index (χ3n) is 1.98. The van der Waals surface area contributed by atoms with E-state index in [1.807, 2.05) is 5.32 Å². The van der Waals surface area contributed by atoms with Gasteiger partial charge in [0, 0.05) is 0 Å². The first-order chi connectivity index (χ1) is 8.47. The molecule has 0 aliphatic carbocycles. The summed E-state index contributed by atoms with van der Waals surface area (Å²) in [5, 5.41) is 2.03. The molecule has 0 radical (unpaired) electrons. The van der Waals surface area contributed by atoms with Crippen molar-refractivity contribution >= 4 is 11.9 Å². The third-order valence-corrected chi connectivity index (χ3v) is 1.98. The molecule has 1 rings (SSSR count). The van der Waals surface area contributed by atoms with E-state index in [2.05, 4.69) is 4.74 Å². The van der Waals surface area contributed by atoms with Gasteiger partial charge < -0.3 is 10.1 Å². The molecule has 0 atom stereocenters. The van der Waals surface area contributed by atoms with Crippen LogP contribution >= 0.6 is 0 Å². The first kappa shape index (κ1) is 14.0. The van der Waals surface area contributed by atoms with Crippen LogP contribution in [-0.2, 0) is 9.53 Å². The van der Waals surface area contributed by atoms with Crippen LogP contribution in [0.3, 0.4) is 0 Å². The van der Waals surface area contributed by atoms with Crippen LogP contribution in [0.2, 0.25) is 0 Å². The van der Waals surface area contributed by atoms with Crippen molar-refractivity contribution < 1.29 is 27.5 Å². The molecular weight excluding hydrogens is 251 g/mol. The van der Waals surface area contributed by atoms with Crippen LogP contribution < -0.4 is 5.32 Å². The lowest BCUT2D eigenvalue weighted by atomic mass is 10.2. The number of hydrogen-bond donors (Lipinski definition) is 1. The smallest absolute Gasteiger partial charge is 0.325 e. The second kappa shape index (κ2) is 6.04. The standard InChI is InChI=1S/C11H10F3NO3/c1-2-18-8(16)5-15-11(17)6-3-4-7(12)10(14)9(6)13/h3-4H,2,5H2,1H3,(H,15,17). The molecule has 1 aromatic carbocycles. The Balaban J connectivity index is 2.74. The summed E-state index contributed by atoms with van der Waals surface area (Å²) in [7, 11) is 0. The largest absolute Gasteiger partial charge is 0.465 e. The van der Waals surface area contributed by atoms with E-state index in [1.165, 1.54) is 0 Å². The maximum absolute atomic E-state index is 13.2. The number of esters is 1. The van der Waals surface area contributed by atoms with E-state index in [-0.39, 0.29) is 6.61 Å². The van der Waals surface area contributed by atoms with Crippen LogP contribution in [0.15, 0.2) is 12.1 Å². The van der Waals surface area contributed by atoms with E-state index in [4.69, 9.17) is 0 Å². The van der Waals surface area contributed by atoms with Crippen LogP contribution in [0.1, 0.15) is 17.3 Å². The number of hydrogen-bond acceptors (Lipinski definition) is 3. The number of nitrogens with one attached hydrogen (secondary N) is 1. The number of carbonyl (C=O) groups excluding carboxylic acids is 2. The molecule has 18 heavy (non-hydrogen) atoms. The summed E-state index contributed by atoms with van der Waals surface area (Å²) >= 11 is 0. The molecule has 7 heteroatoms. The van der Waals surface area contributed by atoms with Crippen LogP contribution in [0.4, 0.5) is 13.2 Å². The van der Waals surface area contributed by atoms with Gasteiger partial charge in [-0.3, -0.25) is 9.59 Å². The average molecular weight is 261 g/mol. The molecule has 0 bridgehead atoms. The van der Waals surface area contributed by atoms with Crippen LogP contribution in [0, 0.1) is 17.5 Å². The fourth-order valence-corrected chi connectivity index (χ4v) is 1.16. The molecule has 0 aromatic heterocycles. The van der Waals surface area contributed by atoms with Crippen LogP contribution in [-0.4, -0.2) is 25.0 Å². The second-order valence-corrected chi connectivity index (χ2v) is 3.21. The fraction of sp³-hybridized carbons (Fsp3) is 0.273. The van der Waals surface area contributed by atoms with Crippen molar-refractivity contribution in [3.8, 4) is 0 Å². The molecule has 0 aliphatic rings. The number of benzene rings is 1. The van der Waals surface area contributed by atoms with Gasteiger partial charge in [-0.2, -0.15) is 0 Å². The Bertz CT molecular complexity index is 477. The first-order valence-corrected chi connectivity index (χ1v) is 5.04. The molecule has 1 N–H and O–H groups in total. The Morgan fingerprint density at radius 2 is 1.89 bits per heavy atom. The summed E-state index contributed by atoms with van der Waals surface area (Å²) in [6.07, 6.45) is 0. The minimum absolute atomic E-state index is 0.133. The van der Waals surface area contributed by atoms with E-state index in [9.17, 15) is 22.8 Å². The van der Waals surface area contributed by atoms with E-state index >= 15 is 0 Å². The molecule has 0 fully saturated rings. The quantitative estimate of drug-likeness (QED) is 0.658. The highest BCUT2D eigenvalue weighted by atomic mass is 19.2. The summed E-state index contributed by atoms with van der Waals surface area (Å²) in [6.45, 7) is 1.23. The van der Waals surface area contributed by atoms with Crippen molar-refractivity contribution in [3.05, 3.63) is 35.1 Å². The van der Waals surface area contributed by atoms with Crippen LogP contribution in [0.5, 0.6) is 0 Å². The number of rotatable bonds is 4. The lowest BCUT2D eigenvalue weighted by Crippen LogP contribution is -2.31. The van der Waals surface area contributed by atoms with Crippen molar-refractivity contribution in [2.45, 2.75) is 6.92 Å². The van der Waals surface area contributed by atoms with E-state index in [1.54, 1.807) is 6.92 Å². The van der Waals surface area contributed by atoms with Gasteiger partial charge in [-0.25, -0.2) is 13.2 Å². The topological polar surface area (TPSA) is 55.4 Å². The van der Waals surface area contributed by atoms with Gasteiger partial charge in [0.25, 0.3) is 5.91 Å². The maximum Gasteiger partial charge on any atom is 0.325 e. The van der Waals surface area contributed by atoms with Crippen molar-refractivity contribution in [2.75, 3.05) is 13.2 Å². The summed E-state index contributed by atoms with van der Waals surface area (Å²) in [6, 6.07) is 1.41. The molecule has 1 amide bonds. The Morgan fingerprint density at radius 3 is 2.50 bits per heavy atom. The molecule has 4 nitrogen and oxygen atoms in total. The molecule has 1 aromatic rings. The highest BCUT2D eigenvalue weighted by Gasteiger charge is 2.19. The first-order valence-electron chi connectivity index (χ1n) is 5.04. The zero-order valence-electron chi connectivity index (χ0n) is 9.43. The third kappa shape index (κ3) is 3.22. The van der Waals surface area contributed by atoms with Gasteiger partial charge in [0.2, 0.25) is 0 Å². The van der Waals surface area contributed by atoms with E-state index < -0.39 is 41.4 Å². The lowest BCUT2D eigenvalue weighted by molar-refractivity contribution is -0.141. The molecule has 0 spiro atoms. The van der Waals surface area contributed by atoms with Gasteiger partial charge in [-0.15, -0.1) is 0 Å². The van der Waals surface area contributed by atoms with Gasteiger partial charge in [0.1, 0.15) is 6.54 Å². The number of carbonyl (C=O) groups is 2. The summed E-state index contributed by atoms with van der Waals surface area (Å²) in [5.74, 6) is -6.47. The number of amides is 1. The molecule has 98 valence electrons. The predicted octanol–water partition coefficient (Wildman–Crippen LogP) is 1.40. The highest BCUT2D eigenvalue weighted by molar-refractivity contribution is 5.96. The molecule has 0 saturated carbocycles. The van der Waals surface area contributed by atoms with E-state index in [0.29, 0.717) is 6.07 Å². The minimum atomic E-state index is -1.74. The van der Waals surface area contributed by atoms with Gasteiger partial charge in [0.05, 0.1) is 12.2 Å². The van der Waals surface area contributed by atoms with Crippen molar-refractivity contribution in [1.29, 1.82) is 0 Å². The minimum Gasteiger partial charge on any atom is -0.465 e. The molecular formula is C11H10F3NO3. The zero-order valence-corrected chi connectivity index (χ0v) is 9.43. The Morgan fingerprint density at radius 1 is 1.22 bits per heavy atom. The van der Waals surface area contributed by atoms with E-state index in [0.717, 1.165) is 6.07 Å². The molecule has 0 aliphatic heterocycles. The normalized spacial score (nSPS) is 10.0. The zero-order chi connectivity index (χ0) is 13.7. The van der Waals surface area contributed by atoms with Gasteiger partial charge >= 0.3 is 5.97 Å². The predicted molar refractivity (Wildman–Crippen MR) is 55.3 cm³/mol. The van der Waals surface area contributed by atoms with Crippen LogP contribution in [0.25, 0.3) is 0 Å². The lowest BCUT2D eigenvalue weighted by Gasteiger charge is -2.06. The summed E-state index contributed by atoms with van der Waals surface area (Å²) in [5.41, 5.74) is -0.682. The monoisotopic (exact) mass is 261 g/mol. The highest BCUT2D eigenvalue weighted by Crippen LogP contribution is 2.14. The number of ether oxygens (including phenoxy) is 1. The average Bonchev–Trinajstić information content (AvgIpc) is 2.34. The Hall–Kier alpha value is -2.05. The summed E-state index contributed by atoms with van der Waals surface area (Å²) < 4.78 is 43.2. The Labute approximate surface area is 101 Å². The summed E-state index contributed by atoms with van der Waals surface area (Å²) in [4.78, 5) is 22.3. The maximum atomic E-state index is 13.2. The Kier molecular flexibility index (Phi) is 4.70. The molecule has 0 unspecified atom stereocenters. The van der Waals surface area contributed by atoms with Crippen molar-refractivity contribution in [2.24, 2.45) is 0 Å².